The molecular formula is C13H17BrN2S2. The number of rotatable bonds is 2. The zero-order valence-electron chi connectivity index (χ0n) is 10.2. The fourth-order valence-corrected chi connectivity index (χ4v) is 5.28. The minimum atomic E-state index is 0.541. The molecule has 3 rings (SSSR count). The molecule has 1 aliphatic carbocycles. The fraction of sp³-hybridized carbons (Fsp3) is 0.615. The summed E-state index contributed by atoms with van der Waals surface area (Å²) >= 11 is 7.26. The third-order valence-corrected chi connectivity index (χ3v) is 7.06. The van der Waals surface area contributed by atoms with Crippen LogP contribution in [0.2, 0.25) is 0 Å². The van der Waals surface area contributed by atoms with Gasteiger partial charge in [0.05, 0.1) is 6.54 Å². The van der Waals surface area contributed by atoms with E-state index in [4.69, 9.17) is 4.99 Å². The first-order chi connectivity index (χ1) is 8.77. The monoisotopic (exact) mass is 344 g/mol. The molecule has 0 amide bonds. The van der Waals surface area contributed by atoms with Gasteiger partial charge < -0.3 is 5.32 Å². The number of aliphatic imine (C=N–C) groups is 1. The van der Waals surface area contributed by atoms with Gasteiger partial charge in [-0.1, -0.05) is 24.6 Å². The summed E-state index contributed by atoms with van der Waals surface area (Å²) in [5.74, 6) is 1.25. The van der Waals surface area contributed by atoms with E-state index in [0.29, 0.717) is 5.41 Å². The van der Waals surface area contributed by atoms with Crippen molar-refractivity contribution >= 4 is 44.2 Å². The first-order valence-corrected chi connectivity index (χ1v) is 9.06. The molecule has 0 unspecified atom stereocenters. The Hall–Kier alpha value is -0.000000000000000111. The van der Waals surface area contributed by atoms with Crippen LogP contribution in [-0.4, -0.2) is 17.5 Å². The van der Waals surface area contributed by atoms with E-state index in [9.17, 15) is 0 Å². The second kappa shape index (κ2) is 5.55. The van der Waals surface area contributed by atoms with Gasteiger partial charge >= 0.3 is 0 Å². The molecule has 2 nitrogen and oxygen atoms in total. The maximum Gasteiger partial charge on any atom is 0.156 e. The summed E-state index contributed by atoms with van der Waals surface area (Å²) < 4.78 is 1.20. The molecular weight excluding hydrogens is 328 g/mol. The van der Waals surface area contributed by atoms with Crippen molar-refractivity contribution in [2.45, 2.75) is 32.2 Å². The molecule has 2 heterocycles. The first-order valence-electron chi connectivity index (χ1n) is 6.40. The van der Waals surface area contributed by atoms with Crippen LogP contribution in [0.5, 0.6) is 0 Å². The molecule has 2 aliphatic rings. The van der Waals surface area contributed by atoms with E-state index in [1.54, 1.807) is 11.3 Å². The number of thiophene rings is 1. The molecule has 1 aromatic heterocycles. The van der Waals surface area contributed by atoms with Crippen molar-refractivity contribution in [3.05, 3.63) is 20.8 Å². The molecule has 1 spiro atoms. The van der Waals surface area contributed by atoms with Crippen molar-refractivity contribution in [3.63, 3.8) is 0 Å². The van der Waals surface area contributed by atoms with Gasteiger partial charge in [0.1, 0.15) is 0 Å². The molecule has 0 aromatic carbocycles. The molecule has 0 saturated heterocycles. The maximum absolute atomic E-state index is 4.75. The van der Waals surface area contributed by atoms with Gasteiger partial charge in [-0.3, -0.25) is 4.99 Å². The summed E-state index contributed by atoms with van der Waals surface area (Å²) in [6, 6.07) is 2.10. The number of nitrogens with zero attached hydrogens (tertiary/aromatic N) is 1. The van der Waals surface area contributed by atoms with Gasteiger partial charge in [0.2, 0.25) is 0 Å². The van der Waals surface area contributed by atoms with E-state index in [0.717, 1.165) is 18.3 Å². The minimum absolute atomic E-state index is 0.541. The predicted molar refractivity (Wildman–Crippen MR) is 84.5 cm³/mol. The highest BCUT2D eigenvalue weighted by molar-refractivity contribution is 9.10. The minimum Gasteiger partial charge on any atom is -0.360 e. The molecule has 1 fully saturated rings. The van der Waals surface area contributed by atoms with Crippen LogP contribution >= 0.6 is 39.0 Å². The van der Waals surface area contributed by atoms with E-state index in [1.807, 2.05) is 11.8 Å². The Morgan fingerprint density at radius 3 is 2.83 bits per heavy atom. The smallest absolute Gasteiger partial charge is 0.156 e. The molecule has 98 valence electrons. The molecule has 1 aromatic rings. The van der Waals surface area contributed by atoms with Crippen molar-refractivity contribution in [1.29, 1.82) is 0 Å². The van der Waals surface area contributed by atoms with Gasteiger partial charge in [0, 0.05) is 21.6 Å². The fourth-order valence-electron chi connectivity index (χ4n) is 2.69. The number of thioether (sulfide) groups is 1. The predicted octanol–water partition coefficient (Wildman–Crippen LogP) is 4.26. The van der Waals surface area contributed by atoms with Crippen molar-refractivity contribution in [1.82, 2.24) is 5.32 Å². The van der Waals surface area contributed by atoms with Gasteiger partial charge in [0.15, 0.2) is 5.17 Å². The zero-order valence-corrected chi connectivity index (χ0v) is 13.5. The van der Waals surface area contributed by atoms with E-state index >= 15 is 0 Å². The van der Waals surface area contributed by atoms with E-state index in [1.165, 1.54) is 40.8 Å². The lowest BCUT2D eigenvalue weighted by atomic mass is 9.89. The molecule has 5 heteroatoms. The lowest BCUT2D eigenvalue weighted by molar-refractivity contribution is 0.358. The summed E-state index contributed by atoms with van der Waals surface area (Å²) in [5, 5.41) is 6.71. The molecule has 0 bridgehead atoms. The average Bonchev–Trinajstić information content (AvgIpc) is 2.99. The molecule has 0 radical (unpaired) electrons. The van der Waals surface area contributed by atoms with Gasteiger partial charge in [-0.15, -0.1) is 11.3 Å². The maximum atomic E-state index is 4.75. The topological polar surface area (TPSA) is 24.4 Å². The number of nitrogens with one attached hydrogen (secondary N) is 1. The SMILES string of the molecule is Brc1ccsc1CNC1=NCC2(CCCC2)CS1. The quantitative estimate of drug-likeness (QED) is 0.866. The number of hydrogen-bond acceptors (Lipinski definition) is 4. The summed E-state index contributed by atoms with van der Waals surface area (Å²) in [6.45, 7) is 1.92. The Kier molecular flexibility index (Phi) is 4.01. The van der Waals surface area contributed by atoms with E-state index < -0.39 is 0 Å². The van der Waals surface area contributed by atoms with Gasteiger partial charge in [-0.2, -0.15) is 0 Å². The summed E-state index contributed by atoms with van der Waals surface area (Å²) in [7, 11) is 0. The third kappa shape index (κ3) is 2.78. The zero-order chi connectivity index (χ0) is 12.4. The lowest BCUT2D eigenvalue weighted by Crippen LogP contribution is -2.33. The summed E-state index contributed by atoms with van der Waals surface area (Å²) in [5.41, 5.74) is 0.541. The highest BCUT2D eigenvalue weighted by atomic mass is 79.9. The largest absolute Gasteiger partial charge is 0.360 e. The van der Waals surface area contributed by atoms with Gasteiger partial charge in [-0.25, -0.2) is 0 Å². The average molecular weight is 345 g/mol. The second-order valence-electron chi connectivity index (χ2n) is 5.16. The normalized spacial score (nSPS) is 22.2. The van der Waals surface area contributed by atoms with E-state index in [2.05, 4.69) is 32.7 Å². The van der Waals surface area contributed by atoms with Crippen LogP contribution < -0.4 is 5.32 Å². The van der Waals surface area contributed by atoms with Crippen LogP contribution in [0.1, 0.15) is 30.6 Å². The highest BCUT2D eigenvalue weighted by Crippen LogP contribution is 2.43. The van der Waals surface area contributed by atoms with Crippen molar-refractivity contribution in [2.75, 3.05) is 12.3 Å². The Morgan fingerprint density at radius 2 is 2.22 bits per heavy atom. The second-order valence-corrected chi connectivity index (χ2v) is 7.98. The molecule has 1 aliphatic heterocycles. The van der Waals surface area contributed by atoms with Crippen LogP contribution in [0, 0.1) is 5.41 Å². The molecule has 0 atom stereocenters. The van der Waals surface area contributed by atoms with Gasteiger partial charge in [0.25, 0.3) is 0 Å². The highest BCUT2D eigenvalue weighted by Gasteiger charge is 2.36. The van der Waals surface area contributed by atoms with E-state index in [-0.39, 0.29) is 0 Å². The molecule has 1 saturated carbocycles. The molecule has 1 N–H and O–H groups in total. The lowest BCUT2D eigenvalue weighted by Gasteiger charge is -2.31. The van der Waals surface area contributed by atoms with Crippen LogP contribution in [-0.2, 0) is 6.54 Å². The van der Waals surface area contributed by atoms with Gasteiger partial charge in [-0.05, 0) is 45.6 Å². The van der Waals surface area contributed by atoms with Crippen LogP contribution in [0.15, 0.2) is 20.9 Å². The van der Waals surface area contributed by atoms with Crippen molar-refractivity contribution < 1.29 is 0 Å². The number of halogens is 1. The Morgan fingerprint density at radius 1 is 1.39 bits per heavy atom. The standard InChI is InChI=1S/C13H17BrN2S2/c14-10-3-6-17-11(10)7-15-12-16-8-13(9-18-12)4-1-2-5-13/h3,6H,1-2,4-5,7-9H2,(H,15,16). The van der Waals surface area contributed by atoms with Crippen molar-refractivity contribution in [3.8, 4) is 0 Å². The summed E-state index contributed by atoms with van der Waals surface area (Å²) in [6.07, 6.45) is 5.57. The Balaban J connectivity index is 1.55. The van der Waals surface area contributed by atoms with Crippen LogP contribution in [0.25, 0.3) is 0 Å². The van der Waals surface area contributed by atoms with Crippen LogP contribution in [0.3, 0.4) is 0 Å². The first kappa shape index (κ1) is 13.0. The number of amidine groups is 1. The van der Waals surface area contributed by atoms with Crippen molar-refractivity contribution in [2.24, 2.45) is 10.4 Å². The Bertz CT molecular complexity index is 450. The third-order valence-electron chi connectivity index (χ3n) is 3.83. The van der Waals surface area contributed by atoms with Crippen LogP contribution in [0.4, 0.5) is 0 Å². The molecule has 18 heavy (non-hydrogen) atoms. The number of hydrogen-bond donors (Lipinski definition) is 1. The summed E-state index contributed by atoms with van der Waals surface area (Å²) in [4.78, 5) is 6.10. The Labute approximate surface area is 125 Å².